The summed E-state index contributed by atoms with van der Waals surface area (Å²) in [6.45, 7) is 1.79. The molecule has 2 heterocycles. The van der Waals surface area contributed by atoms with Gasteiger partial charge in [0, 0.05) is 34.2 Å². The van der Waals surface area contributed by atoms with Gasteiger partial charge in [0.05, 0.1) is 0 Å². The molecule has 0 radical (unpaired) electrons. The summed E-state index contributed by atoms with van der Waals surface area (Å²) in [5.41, 5.74) is 1.25. The zero-order chi connectivity index (χ0) is 20.2. The van der Waals surface area contributed by atoms with E-state index in [-0.39, 0.29) is 5.91 Å². The number of carbonyl (C=O) groups is 1. The smallest absolute Gasteiger partial charge is 0.255 e. The van der Waals surface area contributed by atoms with E-state index in [1.807, 2.05) is 18.2 Å². The van der Waals surface area contributed by atoms with Crippen molar-refractivity contribution in [3.05, 3.63) is 88.9 Å². The predicted octanol–water partition coefficient (Wildman–Crippen LogP) is 4.78. The Morgan fingerprint density at radius 1 is 1.07 bits per heavy atom. The summed E-state index contributed by atoms with van der Waals surface area (Å²) in [6, 6.07) is 17.8. The van der Waals surface area contributed by atoms with Crippen LogP contribution in [0, 0.1) is 6.92 Å². The first-order valence-corrected chi connectivity index (χ1v) is 9.57. The summed E-state index contributed by atoms with van der Waals surface area (Å²) in [5.74, 6) is 2.02. The molecular formula is C21H16BrN5O2. The summed E-state index contributed by atoms with van der Waals surface area (Å²) in [6.07, 6.45) is 3.48. The molecule has 0 bridgehead atoms. The van der Waals surface area contributed by atoms with Crippen molar-refractivity contribution < 1.29 is 9.53 Å². The third kappa shape index (κ3) is 4.67. The van der Waals surface area contributed by atoms with Gasteiger partial charge in [0.15, 0.2) is 5.82 Å². The Kier molecular flexibility index (Phi) is 5.35. The van der Waals surface area contributed by atoms with Crippen molar-refractivity contribution in [2.75, 3.05) is 5.32 Å². The Labute approximate surface area is 175 Å². The SMILES string of the molecule is Cc1nc(Oc2ccc(NC(=O)c3ccc(Br)cc3)cc2)cc(-n2cccn2)n1. The molecule has 7 nitrogen and oxygen atoms in total. The van der Waals surface area contributed by atoms with Crippen LogP contribution in [0.25, 0.3) is 5.82 Å². The quantitative estimate of drug-likeness (QED) is 0.474. The second-order valence-corrected chi connectivity index (χ2v) is 7.07. The van der Waals surface area contributed by atoms with Crippen LogP contribution < -0.4 is 10.1 Å². The third-order valence-electron chi connectivity index (χ3n) is 3.98. The van der Waals surface area contributed by atoms with E-state index in [1.165, 1.54) is 0 Å². The fourth-order valence-electron chi connectivity index (χ4n) is 2.63. The molecule has 0 unspecified atom stereocenters. The number of nitrogens with one attached hydrogen (secondary N) is 1. The van der Waals surface area contributed by atoms with E-state index in [1.54, 1.807) is 66.5 Å². The Bertz CT molecular complexity index is 1130. The van der Waals surface area contributed by atoms with Gasteiger partial charge in [-0.25, -0.2) is 9.67 Å². The summed E-state index contributed by atoms with van der Waals surface area (Å²) < 4.78 is 8.41. The van der Waals surface area contributed by atoms with E-state index >= 15 is 0 Å². The highest BCUT2D eigenvalue weighted by Crippen LogP contribution is 2.23. The van der Waals surface area contributed by atoms with Crippen molar-refractivity contribution in [2.24, 2.45) is 0 Å². The van der Waals surface area contributed by atoms with Crippen LogP contribution in [0.5, 0.6) is 11.6 Å². The number of halogens is 1. The van der Waals surface area contributed by atoms with Gasteiger partial charge in [-0.2, -0.15) is 10.1 Å². The van der Waals surface area contributed by atoms with Crippen LogP contribution in [-0.2, 0) is 0 Å². The molecule has 1 amide bonds. The fourth-order valence-corrected chi connectivity index (χ4v) is 2.90. The minimum Gasteiger partial charge on any atom is -0.439 e. The molecule has 8 heteroatoms. The number of carbonyl (C=O) groups excluding carboxylic acids is 1. The first-order valence-electron chi connectivity index (χ1n) is 8.77. The molecule has 2 aromatic carbocycles. The van der Waals surface area contributed by atoms with Crippen molar-refractivity contribution in [3.63, 3.8) is 0 Å². The van der Waals surface area contributed by atoms with E-state index in [2.05, 4.69) is 36.3 Å². The van der Waals surface area contributed by atoms with Crippen LogP contribution in [0.1, 0.15) is 16.2 Å². The Morgan fingerprint density at radius 3 is 2.52 bits per heavy atom. The van der Waals surface area contributed by atoms with Crippen molar-refractivity contribution in [1.29, 1.82) is 0 Å². The standard InChI is InChI=1S/C21H16BrN5O2/c1-14-24-19(27-12-2-11-23-27)13-20(25-14)29-18-9-7-17(8-10-18)26-21(28)15-3-5-16(22)6-4-15/h2-13H,1H3,(H,26,28). The minimum absolute atomic E-state index is 0.179. The highest BCUT2D eigenvalue weighted by molar-refractivity contribution is 9.10. The molecule has 4 aromatic rings. The van der Waals surface area contributed by atoms with Crippen LogP contribution >= 0.6 is 15.9 Å². The van der Waals surface area contributed by atoms with Crippen LogP contribution in [0.15, 0.2) is 77.5 Å². The summed E-state index contributed by atoms with van der Waals surface area (Å²) in [5, 5.41) is 7.03. The molecule has 0 saturated heterocycles. The predicted molar refractivity (Wildman–Crippen MR) is 113 cm³/mol. The van der Waals surface area contributed by atoms with Gasteiger partial charge in [0.2, 0.25) is 5.88 Å². The number of nitrogens with zero attached hydrogens (tertiary/aromatic N) is 4. The molecular weight excluding hydrogens is 434 g/mol. The van der Waals surface area contributed by atoms with E-state index in [0.717, 1.165) is 4.47 Å². The van der Waals surface area contributed by atoms with Crippen LogP contribution in [0.3, 0.4) is 0 Å². The summed E-state index contributed by atoms with van der Waals surface area (Å²) >= 11 is 3.36. The molecule has 0 aliphatic carbocycles. The van der Waals surface area contributed by atoms with Crippen molar-refractivity contribution >= 4 is 27.5 Å². The number of rotatable bonds is 5. The minimum atomic E-state index is -0.179. The molecule has 0 spiro atoms. The van der Waals surface area contributed by atoms with Gasteiger partial charge in [0.1, 0.15) is 11.6 Å². The first kappa shape index (κ1) is 18.8. The number of aromatic nitrogens is 4. The van der Waals surface area contributed by atoms with Crippen LogP contribution in [0.2, 0.25) is 0 Å². The average molecular weight is 450 g/mol. The molecule has 1 N–H and O–H groups in total. The zero-order valence-corrected chi connectivity index (χ0v) is 17.0. The molecule has 29 heavy (non-hydrogen) atoms. The Hall–Kier alpha value is -3.52. The highest BCUT2D eigenvalue weighted by Gasteiger charge is 2.08. The monoisotopic (exact) mass is 449 g/mol. The Balaban J connectivity index is 1.46. The first-order chi connectivity index (χ1) is 14.1. The second-order valence-electron chi connectivity index (χ2n) is 6.15. The maximum atomic E-state index is 12.3. The largest absolute Gasteiger partial charge is 0.439 e. The molecule has 0 fully saturated rings. The lowest BCUT2D eigenvalue weighted by Gasteiger charge is -2.09. The average Bonchev–Trinajstić information content (AvgIpc) is 3.24. The van der Waals surface area contributed by atoms with Crippen LogP contribution in [-0.4, -0.2) is 25.7 Å². The van der Waals surface area contributed by atoms with Gasteiger partial charge in [0.25, 0.3) is 5.91 Å². The zero-order valence-electron chi connectivity index (χ0n) is 15.4. The van der Waals surface area contributed by atoms with E-state index in [9.17, 15) is 4.79 Å². The number of ether oxygens (including phenoxy) is 1. The molecule has 0 atom stereocenters. The van der Waals surface area contributed by atoms with Crippen molar-refractivity contribution in [1.82, 2.24) is 19.7 Å². The number of anilines is 1. The molecule has 0 aliphatic heterocycles. The fraction of sp³-hybridized carbons (Fsp3) is 0.0476. The molecule has 144 valence electrons. The van der Waals surface area contributed by atoms with Gasteiger partial charge in [-0.05, 0) is 61.5 Å². The number of amides is 1. The molecule has 0 aliphatic rings. The van der Waals surface area contributed by atoms with Crippen molar-refractivity contribution in [2.45, 2.75) is 6.92 Å². The van der Waals surface area contributed by atoms with Crippen LogP contribution in [0.4, 0.5) is 5.69 Å². The molecule has 2 aromatic heterocycles. The normalized spacial score (nSPS) is 10.6. The second kappa shape index (κ2) is 8.24. The maximum Gasteiger partial charge on any atom is 0.255 e. The van der Waals surface area contributed by atoms with E-state index in [0.29, 0.717) is 34.5 Å². The molecule has 0 saturated carbocycles. The lowest BCUT2D eigenvalue weighted by atomic mass is 10.2. The van der Waals surface area contributed by atoms with Crippen molar-refractivity contribution in [3.8, 4) is 17.4 Å². The maximum absolute atomic E-state index is 12.3. The lowest BCUT2D eigenvalue weighted by Crippen LogP contribution is -2.11. The number of hydrogen-bond acceptors (Lipinski definition) is 5. The van der Waals surface area contributed by atoms with E-state index < -0.39 is 0 Å². The molecule has 4 rings (SSSR count). The summed E-state index contributed by atoms with van der Waals surface area (Å²) in [4.78, 5) is 21.0. The van der Waals surface area contributed by atoms with Gasteiger partial charge < -0.3 is 10.1 Å². The van der Waals surface area contributed by atoms with Gasteiger partial charge in [-0.1, -0.05) is 15.9 Å². The van der Waals surface area contributed by atoms with Gasteiger partial charge in [-0.15, -0.1) is 0 Å². The Morgan fingerprint density at radius 2 is 1.83 bits per heavy atom. The van der Waals surface area contributed by atoms with E-state index in [4.69, 9.17) is 4.74 Å². The van der Waals surface area contributed by atoms with Gasteiger partial charge >= 0.3 is 0 Å². The third-order valence-corrected chi connectivity index (χ3v) is 4.51. The number of aryl methyl sites for hydroxylation is 1. The highest BCUT2D eigenvalue weighted by atomic mass is 79.9. The number of benzene rings is 2. The lowest BCUT2D eigenvalue weighted by molar-refractivity contribution is 0.102. The topological polar surface area (TPSA) is 81.9 Å². The van der Waals surface area contributed by atoms with Gasteiger partial charge in [-0.3, -0.25) is 4.79 Å². The number of hydrogen-bond donors (Lipinski definition) is 1. The summed E-state index contributed by atoms with van der Waals surface area (Å²) in [7, 11) is 0.